The molecule has 0 heterocycles. The van der Waals surface area contributed by atoms with Crippen LogP contribution in [-0.4, -0.2) is 17.5 Å². The SMILES string of the molecule is CCCC[C@H]1CC2=CC(=O)CC[C@]2(C)[C@H]2CC[C@]3(C)C(=C(F)CO)CC[C@H]3[C@H]12. The fraction of sp³-hybridized carbons (Fsp3) is 0.800. The number of hydrogen-bond acceptors (Lipinski definition) is 2. The zero-order chi connectivity index (χ0) is 20.1. The molecule has 156 valence electrons. The second-order valence-corrected chi connectivity index (χ2v) is 10.5. The topological polar surface area (TPSA) is 37.3 Å². The smallest absolute Gasteiger partial charge is 0.155 e. The molecule has 0 unspecified atom stereocenters. The van der Waals surface area contributed by atoms with E-state index >= 15 is 0 Å². The molecule has 4 rings (SSSR count). The van der Waals surface area contributed by atoms with E-state index in [0.717, 1.165) is 44.1 Å². The van der Waals surface area contributed by atoms with E-state index in [1.165, 1.54) is 24.8 Å². The van der Waals surface area contributed by atoms with Gasteiger partial charge in [-0.05, 0) is 91.1 Å². The Morgan fingerprint density at radius 3 is 2.64 bits per heavy atom. The summed E-state index contributed by atoms with van der Waals surface area (Å²) in [6, 6.07) is 0. The first-order chi connectivity index (χ1) is 13.3. The summed E-state index contributed by atoms with van der Waals surface area (Å²) < 4.78 is 14.5. The average Bonchev–Trinajstić information content (AvgIpc) is 3.03. The van der Waals surface area contributed by atoms with E-state index in [0.29, 0.717) is 35.9 Å². The first-order valence-electron chi connectivity index (χ1n) is 11.6. The summed E-state index contributed by atoms with van der Waals surface area (Å²) in [6.45, 7) is 6.51. The molecular formula is C25H37FO2. The lowest BCUT2D eigenvalue weighted by molar-refractivity contribution is -0.118. The molecule has 0 aromatic rings. The van der Waals surface area contributed by atoms with Gasteiger partial charge in [0.15, 0.2) is 5.78 Å². The van der Waals surface area contributed by atoms with Gasteiger partial charge in [-0.3, -0.25) is 4.79 Å². The third-order valence-electron chi connectivity index (χ3n) is 9.32. The predicted molar refractivity (Wildman–Crippen MR) is 110 cm³/mol. The number of ketones is 1. The van der Waals surface area contributed by atoms with Gasteiger partial charge < -0.3 is 5.11 Å². The molecule has 0 spiro atoms. The van der Waals surface area contributed by atoms with Crippen LogP contribution in [0.25, 0.3) is 0 Å². The summed E-state index contributed by atoms with van der Waals surface area (Å²) in [4.78, 5) is 12.2. The standard InChI is InChI=1S/C25H37FO2/c1-4-5-6-16-13-17-14-18(28)9-11-24(17,2)21-10-12-25(3)19(22(26)15-27)7-8-20(25)23(16)21/h14,16,20-21,23,27H,4-13,15H2,1-3H3/t16-,20-,21-,23-,24-,25+/m0/s1. The van der Waals surface area contributed by atoms with Crippen LogP contribution in [0.5, 0.6) is 0 Å². The van der Waals surface area contributed by atoms with Crippen LogP contribution in [-0.2, 0) is 4.79 Å². The van der Waals surface area contributed by atoms with E-state index in [9.17, 15) is 14.3 Å². The van der Waals surface area contributed by atoms with Crippen molar-refractivity contribution in [2.24, 2.45) is 34.5 Å². The summed E-state index contributed by atoms with van der Waals surface area (Å²) in [6.07, 6.45) is 12.5. The first-order valence-corrected chi connectivity index (χ1v) is 11.6. The number of carbonyl (C=O) groups is 1. The number of aliphatic hydroxyl groups excluding tert-OH is 1. The Kier molecular flexibility index (Phi) is 5.35. The number of aliphatic hydroxyl groups is 1. The predicted octanol–water partition coefficient (Wildman–Crippen LogP) is 6.15. The quantitative estimate of drug-likeness (QED) is 0.627. The highest BCUT2D eigenvalue weighted by Crippen LogP contribution is 2.68. The average molecular weight is 389 g/mol. The molecule has 28 heavy (non-hydrogen) atoms. The second kappa shape index (κ2) is 7.38. The molecule has 3 saturated carbocycles. The largest absolute Gasteiger partial charge is 0.389 e. The molecule has 0 aromatic heterocycles. The molecule has 2 nitrogen and oxygen atoms in total. The van der Waals surface area contributed by atoms with Crippen molar-refractivity contribution in [1.29, 1.82) is 0 Å². The van der Waals surface area contributed by atoms with E-state index in [4.69, 9.17) is 0 Å². The number of rotatable bonds is 4. The fourth-order valence-corrected chi connectivity index (χ4v) is 7.82. The van der Waals surface area contributed by atoms with Gasteiger partial charge in [0, 0.05) is 6.42 Å². The van der Waals surface area contributed by atoms with Crippen molar-refractivity contribution in [3.8, 4) is 0 Å². The van der Waals surface area contributed by atoms with Crippen molar-refractivity contribution in [3.63, 3.8) is 0 Å². The highest BCUT2D eigenvalue weighted by atomic mass is 19.1. The highest BCUT2D eigenvalue weighted by Gasteiger charge is 2.60. The molecule has 3 heteroatoms. The van der Waals surface area contributed by atoms with Gasteiger partial charge in [0.2, 0.25) is 0 Å². The second-order valence-electron chi connectivity index (χ2n) is 10.5. The van der Waals surface area contributed by atoms with Crippen LogP contribution in [0.2, 0.25) is 0 Å². The Morgan fingerprint density at radius 2 is 1.93 bits per heavy atom. The van der Waals surface area contributed by atoms with Crippen molar-refractivity contribution in [2.75, 3.05) is 6.61 Å². The molecule has 4 aliphatic rings. The molecule has 0 bridgehead atoms. The van der Waals surface area contributed by atoms with E-state index in [2.05, 4.69) is 20.8 Å². The lowest BCUT2D eigenvalue weighted by atomic mass is 9.44. The summed E-state index contributed by atoms with van der Waals surface area (Å²) >= 11 is 0. The molecular weight excluding hydrogens is 351 g/mol. The summed E-state index contributed by atoms with van der Waals surface area (Å²) in [5.74, 6) is 2.45. The van der Waals surface area contributed by atoms with Crippen LogP contribution in [0.4, 0.5) is 4.39 Å². The van der Waals surface area contributed by atoms with Gasteiger partial charge in [0.25, 0.3) is 0 Å². The van der Waals surface area contributed by atoms with Crippen molar-refractivity contribution in [1.82, 2.24) is 0 Å². The number of fused-ring (bicyclic) bond motifs is 5. The number of hydrogen-bond donors (Lipinski definition) is 1. The maximum absolute atomic E-state index is 14.5. The van der Waals surface area contributed by atoms with Crippen LogP contribution < -0.4 is 0 Å². The van der Waals surface area contributed by atoms with Crippen molar-refractivity contribution < 1.29 is 14.3 Å². The minimum absolute atomic E-state index is 0.0828. The Labute approximate surface area is 169 Å². The van der Waals surface area contributed by atoms with E-state index < -0.39 is 6.61 Å². The van der Waals surface area contributed by atoms with E-state index in [1.54, 1.807) is 0 Å². The molecule has 3 fully saturated rings. The number of halogens is 1. The number of carbonyl (C=O) groups excluding carboxylic acids is 1. The normalized spacial score (nSPS) is 44.5. The third kappa shape index (κ3) is 2.95. The Hall–Kier alpha value is -0.960. The maximum Gasteiger partial charge on any atom is 0.155 e. The molecule has 4 aliphatic carbocycles. The van der Waals surface area contributed by atoms with Crippen molar-refractivity contribution in [2.45, 2.75) is 85.0 Å². The Morgan fingerprint density at radius 1 is 1.18 bits per heavy atom. The molecule has 6 atom stereocenters. The van der Waals surface area contributed by atoms with E-state index in [-0.39, 0.29) is 16.7 Å². The monoisotopic (exact) mass is 388 g/mol. The van der Waals surface area contributed by atoms with Gasteiger partial charge >= 0.3 is 0 Å². The zero-order valence-electron chi connectivity index (χ0n) is 17.9. The number of allylic oxidation sites excluding steroid dienone is 2. The molecule has 0 saturated heterocycles. The van der Waals surface area contributed by atoms with Crippen LogP contribution in [0.15, 0.2) is 23.0 Å². The van der Waals surface area contributed by atoms with Crippen LogP contribution in [0, 0.1) is 34.5 Å². The van der Waals surface area contributed by atoms with Crippen molar-refractivity contribution in [3.05, 3.63) is 23.0 Å². The summed E-state index contributed by atoms with van der Waals surface area (Å²) in [5.41, 5.74) is 2.41. The van der Waals surface area contributed by atoms with Crippen LogP contribution >= 0.6 is 0 Å². The minimum Gasteiger partial charge on any atom is -0.389 e. The van der Waals surface area contributed by atoms with Crippen molar-refractivity contribution >= 4 is 5.78 Å². The molecule has 0 amide bonds. The first kappa shape index (κ1) is 20.3. The molecule has 0 aliphatic heterocycles. The van der Waals surface area contributed by atoms with E-state index in [1.807, 2.05) is 6.08 Å². The zero-order valence-corrected chi connectivity index (χ0v) is 17.9. The third-order valence-corrected chi connectivity index (χ3v) is 9.32. The van der Waals surface area contributed by atoms with Gasteiger partial charge in [0.1, 0.15) is 5.83 Å². The highest BCUT2D eigenvalue weighted by molar-refractivity contribution is 5.91. The molecule has 0 aromatic carbocycles. The minimum atomic E-state index is -0.447. The summed E-state index contributed by atoms with van der Waals surface area (Å²) in [5, 5.41) is 9.45. The Bertz CT molecular complexity index is 707. The Balaban J connectivity index is 1.74. The molecule has 0 radical (unpaired) electrons. The van der Waals surface area contributed by atoms with Crippen LogP contribution in [0.1, 0.15) is 85.0 Å². The van der Waals surface area contributed by atoms with Gasteiger partial charge in [-0.15, -0.1) is 0 Å². The lowest BCUT2D eigenvalue weighted by Crippen LogP contribution is -2.53. The number of unbranched alkanes of at least 4 members (excludes halogenated alkanes) is 1. The van der Waals surface area contributed by atoms with Gasteiger partial charge in [-0.2, -0.15) is 0 Å². The lowest BCUT2D eigenvalue weighted by Gasteiger charge is -2.60. The van der Waals surface area contributed by atoms with Gasteiger partial charge in [-0.25, -0.2) is 4.39 Å². The fourth-order valence-electron chi connectivity index (χ4n) is 7.82. The van der Waals surface area contributed by atoms with Gasteiger partial charge in [0.05, 0.1) is 6.61 Å². The summed E-state index contributed by atoms with van der Waals surface area (Å²) in [7, 11) is 0. The molecule has 1 N–H and O–H groups in total. The maximum atomic E-state index is 14.5. The van der Waals surface area contributed by atoms with Crippen LogP contribution in [0.3, 0.4) is 0 Å². The van der Waals surface area contributed by atoms with Gasteiger partial charge in [-0.1, -0.05) is 39.2 Å².